The van der Waals surface area contributed by atoms with E-state index < -0.39 is 21.7 Å². The predicted molar refractivity (Wildman–Crippen MR) is 89.2 cm³/mol. The minimum atomic E-state index is -3.62. The molecule has 1 aliphatic heterocycles. The van der Waals surface area contributed by atoms with E-state index in [4.69, 9.17) is 0 Å². The summed E-state index contributed by atoms with van der Waals surface area (Å²) < 4.78 is 54.0. The SMILES string of the molecule is O=S(=O)(c1cccnc1)N1CCS[C@@H](c2cc(F)ccc2F)CC1. The molecular weight excluding hydrogens is 354 g/mol. The monoisotopic (exact) mass is 370 g/mol. The van der Waals surface area contributed by atoms with E-state index in [1.165, 1.54) is 40.6 Å². The van der Waals surface area contributed by atoms with Crippen LogP contribution in [0.5, 0.6) is 0 Å². The molecule has 1 aromatic carbocycles. The molecule has 3 rings (SSSR count). The standard InChI is InChI=1S/C16H16F2N2O2S2/c17-12-3-4-15(18)14(10-12)16-5-7-20(8-9-23-16)24(21,22)13-2-1-6-19-11-13/h1-4,6,10-11,16H,5,7-9H2/t16-/m1/s1. The lowest BCUT2D eigenvalue weighted by molar-refractivity contribution is 0.426. The Labute approximate surface area is 144 Å². The van der Waals surface area contributed by atoms with Crippen LogP contribution in [0.4, 0.5) is 8.78 Å². The topological polar surface area (TPSA) is 50.3 Å². The molecule has 1 aromatic heterocycles. The highest BCUT2D eigenvalue weighted by Crippen LogP contribution is 2.37. The number of hydrogen-bond acceptors (Lipinski definition) is 4. The largest absolute Gasteiger partial charge is 0.263 e. The highest BCUT2D eigenvalue weighted by Gasteiger charge is 2.29. The summed E-state index contributed by atoms with van der Waals surface area (Å²) >= 11 is 1.45. The molecule has 0 N–H and O–H groups in total. The fraction of sp³-hybridized carbons (Fsp3) is 0.312. The van der Waals surface area contributed by atoms with Crippen LogP contribution in [0.3, 0.4) is 0 Å². The van der Waals surface area contributed by atoms with Gasteiger partial charge < -0.3 is 0 Å². The summed E-state index contributed by atoms with van der Waals surface area (Å²) in [6.07, 6.45) is 3.25. The van der Waals surface area contributed by atoms with Crippen molar-refractivity contribution in [3.63, 3.8) is 0 Å². The number of pyridine rings is 1. The van der Waals surface area contributed by atoms with E-state index in [-0.39, 0.29) is 16.7 Å². The van der Waals surface area contributed by atoms with Crippen LogP contribution in [0.2, 0.25) is 0 Å². The average Bonchev–Trinajstić information content (AvgIpc) is 2.84. The molecule has 0 bridgehead atoms. The Morgan fingerprint density at radius 2 is 2.04 bits per heavy atom. The summed E-state index contributed by atoms with van der Waals surface area (Å²) in [5, 5.41) is -0.269. The van der Waals surface area contributed by atoms with Crippen molar-refractivity contribution < 1.29 is 17.2 Å². The first kappa shape index (κ1) is 17.3. The lowest BCUT2D eigenvalue weighted by Crippen LogP contribution is -2.33. The van der Waals surface area contributed by atoms with Gasteiger partial charge in [0.05, 0.1) is 0 Å². The maximum absolute atomic E-state index is 14.0. The van der Waals surface area contributed by atoms with E-state index in [0.717, 1.165) is 12.1 Å². The van der Waals surface area contributed by atoms with Gasteiger partial charge in [0, 0.05) is 42.0 Å². The van der Waals surface area contributed by atoms with E-state index in [1.807, 2.05) is 0 Å². The van der Waals surface area contributed by atoms with Crippen molar-refractivity contribution in [3.05, 3.63) is 59.9 Å². The Morgan fingerprint density at radius 1 is 1.21 bits per heavy atom. The number of thioether (sulfide) groups is 1. The molecule has 1 saturated heterocycles. The second-order valence-electron chi connectivity index (χ2n) is 5.41. The van der Waals surface area contributed by atoms with Crippen LogP contribution in [-0.4, -0.2) is 36.5 Å². The highest BCUT2D eigenvalue weighted by molar-refractivity contribution is 7.99. The van der Waals surface area contributed by atoms with Gasteiger partial charge in [-0.25, -0.2) is 17.2 Å². The van der Waals surface area contributed by atoms with Gasteiger partial charge in [0.1, 0.15) is 16.5 Å². The minimum Gasteiger partial charge on any atom is -0.263 e. The number of rotatable bonds is 3. The molecule has 2 heterocycles. The van der Waals surface area contributed by atoms with Crippen LogP contribution in [0.1, 0.15) is 17.2 Å². The van der Waals surface area contributed by atoms with Crippen molar-refractivity contribution in [2.24, 2.45) is 0 Å². The fourth-order valence-corrected chi connectivity index (χ4v) is 5.43. The smallest absolute Gasteiger partial charge is 0.244 e. The Kier molecular flexibility index (Phi) is 5.17. The summed E-state index contributed by atoms with van der Waals surface area (Å²) in [7, 11) is -3.62. The van der Waals surface area contributed by atoms with Crippen molar-refractivity contribution in [1.29, 1.82) is 0 Å². The van der Waals surface area contributed by atoms with E-state index in [2.05, 4.69) is 4.98 Å². The normalized spacial score (nSPS) is 19.8. The van der Waals surface area contributed by atoms with Crippen molar-refractivity contribution in [1.82, 2.24) is 9.29 Å². The van der Waals surface area contributed by atoms with Gasteiger partial charge in [-0.2, -0.15) is 16.1 Å². The van der Waals surface area contributed by atoms with E-state index in [0.29, 0.717) is 24.3 Å². The number of benzene rings is 1. The summed E-state index contributed by atoms with van der Waals surface area (Å²) in [6, 6.07) is 6.46. The zero-order valence-electron chi connectivity index (χ0n) is 12.7. The molecule has 0 spiro atoms. The molecule has 0 radical (unpaired) electrons. The number of hydrogen-bond donors (Lipinski definition) is 0. The number of aromatic nitrogens is 1. The second kappa shape index (κ2) is 7.16. The lowest BCUT2D eigenvalue weighted by atomic mass is 10.1. The van der Waals surface area contributed by atoms with Crippen LogP contribution in [0.15, 0.2) is 47.6 Å². The molecule has 8 heteroatoms. The molecule has 0 saturated carbocycles. The van der Waals surface area contributed by atoms with Gasteiger partial charge in [0.25, 0.3) is 0 Å². The average molecular weight is 370 g/mol. The molecule has 1 aliphatic rings. The van der Waals surface area contributed by atoms with Crippen LogP contribution >= 0.6 is 11.8 Å². The number of sulfonamides is 1. The third-order valence-electron chi connectivity index (χ3n) is 3.88. The van der Waals surface area contributed by atoms with Crippen molar-refractivity contribution in [2.45, 2.75) is 16.6 Å². The Morgan fingerprint density at radius 3 is 2.79 bits per heavy atom. The van der Waals surface area contributed by atoms with Crippen molar-refractivity contribution >= 4 is 21.8 Å². The highest BCUT2D eigenvalue weighted by atomic mass is 32.2. The summed E-state index contributed by atoms with van der Waals surface area (Å²) in [5.41, 5.74) is 0.292. The summed E-state index contributed by atoms with van der Waals surface area (Å²) in [4.78, 5) is 3.99. The summed E-state index contributed by atoms with van der Waals surface area (Å²) in [6.45, 7) is 0.584. The maximum Gasteiger partial charge on any atom is 0.244 e. The maximum atomic E-state index is 14.0. The van der Waals surface area contributed by atoms with E-state index in [9.17, 15) is 17.2 Å². The van der Waals surface area contributed by atoms with Crippen LogP contribution in [0.25, 0.3) is 0 Å². The first-order chi connectivity index (χ1) is 11.5. The first-order valence-electron chi connectivity index (χ1n) is 7.45. The van der Waals surface area contributed by atoms with E-state index in [1.54, 1.807) is 6.07 Å². The van der Waals surface area contributed by atoms with Gasteiger partial charge in [0.15, 0.2) is 0 Å². The Bertz CT molecular complexity index is 816. The fourth-order valence-electron chi connectivity index (χ4n) is 2.65. The lowest BCUT2D eigenvalue weighted by Gasteiger charge is -2.19. The van der Waals surface area contributed by atoms with Crippen molar-refractivity contribution in [2.75, 3.05) is 18.8 Å². The summed E-state index contributed by atoms with van der Waals surface area (Å²) in [5.74, 6) is -0.436. The van der Waals surface area contributed by atoms with Gasteiger partial charge in [-0.05, 0) is 36.8 Å². The molecule has 0 amide bonds. The molecular formula is C16H16F2N2O2S2. The van der Waals surface area contributed by atoms with Crippen LogP contribution in [0, 0.1) is 11.6 Å². The Hall–Kier alpha value is -1.51. The van der Waals surface area contributed by atoms with Gasteiger partial charge in [-0.3, -0.25) is 4.98 Å². The van der Waals surface area contributed by atoms with Gasteiger partial charge in [-0.15, -0.1) is 0 Å². The molecule has 4 nitrogen and oxygen atoms in total. The van der Waals surface area contributed by atoms with E-state index >= 15 is 0 Å². The Balaban J connectivity index is 1.79. The molecule has 128 valence electrons. The van der Waals surface area contributed by atoms with Crippen molar-refractivity contribution in [3.8, 4) is 0 Å². The first-order valence-corrected chi connectivity index (χ1v) is 9.94. The molecule has 0 aliphatic carbocycles. The molecule has 1 atom stereocenters. The zero-order chi connectivity index (χ0) is 17.2. The molecule has 1 fully saturated rings. The minimum absolute atomic E-state index is 0.144. The number of nitrogens with zero attached hydrogens (tertiary/aromatic N) is 2. The quantitative estimate of drug-likeness (QED) is 0.832. The second-order valence-corrected chi connectivity index (χ2v) is 8.66. The zero-order valence-corrected chi connectivity index (χ0v) is 14.4. The van der Waals surface area contributed by atoms with Crippen LogP contribution in [-0.2, 0) is 10.0 Å². The van der Waals surface area contributed by atoms with Gasteiger partial charge >= 0.3 is 0 Å². The van der Waals surface area contributed by atoms with Gasteiger partial charge in [-0.1, -0.05) is 0 Å². The third kappa shape index (κ3) is 3.60. The molecule has 24 heavy (non-hydrogen) atoms. The van der Waals surface area contributed by atoms with Crippen LogP contribution < -0.4 is 0 Å². The number of halogens is 2. The molecule has 2 aromatic rings. The predicted octanol–water partition coefficient (Wildman–Crippen LogP) is 3.23. The third-order valence-corrected chi connectivity index (χ3v) is 7.07. The molecule has 0 unspecified atom stereocenters. The van der Waals surface area contributed by atoms with Gasteiger partial charge in [0.2, 0.25) is 10.0 Å².